The zero-order valence-electron chi connectivity index (χ0n) is 9.49. The topological polar surface area (TPSA) is 52.3 Å². The fraction of sp³-hybridized carbons (Fsp3) is 0.250. The molecule has 3 nitrogen and oxygen atoms in total. The highest BCUT2D eigenvalue weighted by Gasteiger charge is 2.11. The molecule has 90 valence electrons. The lowest BCUT2D eigenvalue weighted by atomic mass is 10.2. The number of amides is 1. The molecule has 0 atom stereocenters. The van der Waals surface area contributed by atoms with Crippen LogP contribution in [-0.4, -0.2) is 12.0 Å². The van der Waals surface area contributed by atoms with Gasteiger partial charge in [-0.1, -0.05) is 0 Å². The number of carbonyl (C=O) groups is 1. The van der Waals surface area contributed by atoms with Gasteiger partial charge in [-0.05, 0) is 53.4 Å². The van der Waals surface area contributed by atoms with Crippen LogP contribution in [0.1, 0.15) is 23.5 Å². The summed E-state index contributed by atoms with van der Waals surface area (Å²) < 4.78 is 7.56. The van der Waals surface area contributed by atoms with Gasteiger partial charge >= 0.3 is 0 Å². The molecule has 2 rings (SSSR count). The van der Waals surface area contributed by atoms with Gasteiger partial charge in [0, 0.05) is 9.17 Å². The summed E-state index contributed by atoms with van der Waals surface area (Å²) in [6, 6.07) is 5.62. The van der Waals surface area contributed by atoms with Gasteiger partial charge in [-0.25, -0.2) is 0 Å². The average Bonchev–Trinajstić information content (AvgIpc) is 2.60. The molecule has 0 fully saturated rings. The van der Waals surface area contributed by atoms with Gasteiger partial charge in [-0.3, -0.25) is 4.79 Å². The number of hydrogen-bond acceptors (Lipinski definition) is 3. The standard InChI is InChI=1S/C12H12BrNO2S/c1-6(2)16-8-3-7-4-10(12(14)15)17-11(7)9(13)5-8/h3-6H,1-2H3,(H2,14,15). The number of fused-ring (bicyclic) bond motifs is 1. The molecule has 0 radical (unpaired) electrons. The first-order chi connectivity index (χ1) is 7.97. The molecule has 0 aliphatic rings. The largest absolute Gasteiger partial charge is 0.491 e. The summed E-state index contributed by atoms with van der Waals surface area (Å²) in [5.41, 5.74) is 5.27. The van der Waals surface area contributed by atoms with Crippen molar-refractivity contribution in [3.8, 4) is 5.75 Å². The monoisotopic (exact) mass is 313 g/mol. The predicted molar refractivity (Wildman–Crippen MR) is 73.8 cm³/mol. The summed E-state index contributed by atoms with van der Waals surface area (Å²) in [6.45, 7) is 3.95. The Hall–Kier alpha value is -1.07. The van der Waals surface area contributed by atoms with E-state index in [1.807, 2.05) is 26.0 Å². The van der Waals surface area contributed by atoms with Gasteiger partial charge in [-0.15, -0.1) is 11.3 Å². The Kier molecular flexibility index (Phi) is 3.40. The number of thiophene rings is 1. The molecule has 0 spiro atoms. The fourth-order valence-corrected chi connectivity index (χ4v) is 3.14. The molecule has 0 bridgehead atoms. The summed E-state index contributed by atoms with van der Waals surface area (Å²) in [4.78, 5) is 11.7. The van der Waals surface area contributed by atoms with Crippen molar-refractivity contribution in [3.05, 3.63) is 27.5 Å². The number of carbonyl (C=O) groups excluding carboxylic acids is 1. The van der Waals surface area contributed by atoms with E-state index in [1.54, 1.807) is 6.07 Å². The van der Waals surface area contributed by atoms with E-state index in [-0.39, 0.29) is 6.10 Å². The van der Waals surface area contributed by atoms with Gasteiger partial charge < -0.3 is 10.5 Å². The summed E-state index contributed by atoms with van der Waals surface area (Å²) in [6.07, 6.45) is 0.119. The van der Waals surface area contributed by atoms with Gasteiger partial charge in [0.15, 0.2) is 0 Å². The quantitative estimate of drug-likeness (QED) is 0.942. The molecule has 0 saturated carbocycles. The molecule has 2 N–H and O–H groups in total. The number of halogens is 1. The maximum atomic E-state index is 11.1. The number of benzene rings is 1. The molecule has 0 saturated heterocycles. The lowest BCUT2D eigenvalue weighted by molar-refractivity contribution is 0.100. The van der Waals surface area contributed by atoms with E-state index < -0.39 is 5.91 Å². The molecule has 0 unspecified atom stereocenters. The summed E-state index contributed by atoms with van der Waals surface area (Å²) in [5, 5.41) is 0.967. The Morgan fingerprint density at radius 1 is 1.41 bits per heavy atom. The highest BCUT2D eigenvalue weighted by molar-refractivity contribution is 9.10. The van der Waals surface area contributed by atoms with Crippen molar-refractivity contribution in [2.75, 3.05) is 0 Å². The van der Waals surface area contributed by atoms with E-state index in [0.717, 1.165) is 20.3 Å². The van der Waals surface area contributed by atoms with E-state index in [2.05, 4.69) is 15.9 Å². The van der Waals surface area contributed by atoms with Gasteiger partial charge in [-0.2, -0.15) is 0 Å². The molecule has 1 amide bonds. The van der Waals surface area contributed by atoms with Crippen LogP contribution in [0.3, 0.4) is 0 Å². The van der Waals surface area contributed by atoms with Crippen LogP contribution in [0.5, 0.6) is 5.75 Å². The molecule has 1 aromatic carbocycles. The third-order valence-corrected chi connectivity index (χ3v) is 4.25. The van der Waals surface area contributed by atoms with Crippen molar-refractivity contribution in [2.45, 2.75) is 20.0 Å². The van der Waals surface area contributed by atoms with Crippen molar-refractivity contribution in [3.63, 3.8) is 0 Å². The van der Waals surface area contributed by atoms with E-state index >= 15 is 0 Å². The molecular weight excluding hydrogens is 302 g/mol. The van der Waals surface area contributed by atoms with Gasteiger partial charge in [0.05, 0.1) is 11.0 Å². The molecule has 0 aliphatic carbocycles. The number of nitrogens with two attached hydrogens (primary N) is 1. The average molecular weight is 314 g/mol. The molecule has 2 aromatic rings. The molecule has 1 aromatic heterocycles. The van der Waals surface area contributed by atoms with Gasteiger partial charge in [0.1, 0.15) is 5.75 Å². The van der Waals surface area contributed by atoms with Crippen LogP contribution in [0, 0.1) is 0 Å². The number of rotatable bonds is 3. The first-order valence-electron chi connectivity index (χ1n) is 5.17. The van der Waals surface area contributed by atoms with Crippen molar-refractivity contribution in [1.29, 1.82) is 0 Å². The molecule has 1 heterocycles. The first-order valence-corrected chi connectivity index (χ1v) is 6.78. The summed E-state index contributed by atoms with van der Waals surface area (Å²) >= 11 is 4.86. The lowest BCUT2D eigenvalue weighted by Crippen LogP contribution is -2.08. The van der Waals surface area contributed by atoms with Crippen molar-refractivity contribution >= 4 is 43.3 Å². The minimum atomic E-state index is -0.399. The van der Waals surface area contributed by atoms with Crippen LogP contribution >= 0.6 is 27.3 Å². The summed E-state index contributed by atoms with van der Waals surface area (Å²) in [5.74, 6) is 0.387. The van der Waals surface area contributed by atoms with Crippen LogP contribution in [0.4, 0.5) is 0 Å². The Labute approximate surface area is 112 Å². The predicted octanol–water partition coefficient (Wildman–Crippen LogP) is 3.55. The number of ether oxygens (including phenoxy) is 1. The highest BCUT2D eigenvalue weighted by Crippen LogP contribution is 2.35. The smallest absolute Gasteiger partial charge is 0.258 e. The number of hydrogen-bond donors (Lipinski definition) is 1. The molecule has 0 aliphatic heterocycles. The third kappa shape index (κ3) is 2.61. The molecular formula is C12H12BrNO2S. The maximum Gasteiger partial charge on any atom is 0.258 e. The Bertz CT molecular complexity index is 577. The Morgan fingerprint density at radius 2 is 2.12 bits per heavy atom. The zero-order chi connectivity index (χ0) is 12.6. The van der Waals surface area contributed by atoms with Gasteiger partial charge in [0.25, 0.3) is 5.91 Å². The maximum absolute atomic E-state index is 11.1. The Morgan fingerprint density at radius 3 is 2.71 bits per heavy atom. The second-order valence-electron chi connectivity index (χ2n) is 3.96. The second-order valence-corrected chi connectivity index (χ2v) is 5.87. The van der Waals surface area contributed by atoms with Crippen LogP contribution < -0.4 is 10.5 Å². The normalized spacial score (nSPS) is 11.1. The van der Waals surface area contributed by atoms with Crippen molar-refractivity contribution in [2.24, 2.45) is 5.73 Å². The SMILES string of the molecule is CC(C)Oc1cc(Br)c2sc(C(N)=O)cc2c1. The first kappa shape index (κ1) is 12.4. The molecule has 5 heteroatoms. The summed E-state index contributed by atoms with van der Waals surface area (Å²) in [7, 11) is 0. The van der Waals surface area contributed by atoms with Crippen molar-refractivity contribution < 1.29 is 9.53 Å². The fourth-order valence-electron chi connectivity index (χ4n) is 1.55. The second kappa shape index (κ2) is 4.66. The van der Waals surface area contributed by atoms with Gasteiger partial charge in [0.2, 0.25) is 0 Å². The van der Waals surface area contributed by atoms with Crippen LogP contribution in [0.15, 0.2) is 22.7 Å². The van der Waals surface area contributed by atoms with E-state index in [0.29, 0.717) is 4.88 Å². The highest BCUT2D eigenvalue weighted by atomic mass is 79.9. The van der Waals surface area contributed by atoms with Crippen molar-refractivity contribution in [1.82, 2.24) is 0 Å². The lowest BCUT2D eigenvalue weighted by Gasteiger charge is -2.10. The molecule has 17 heavy (non-hydrogen) atoms. The van der Waals surface area contributed by atoms with E-state index in [1.165, 1.54) is 11.3 Å². The minimum Gasteiger partial charge on any atom is -0.491 e. The van der Waals surface area contributed by atoms with Crippen LogP contribution in [0.2, 0.25) is 0 Å². The van der Waals surface area contributed by atoms with E-state index in [4.69, 9.17) is 10.5 Å². The minimum absolute atomic E-state index is 0.119. The van der Waals surface area contributed by atoms with Crippen LogP contribution in [0.25, 0.3) is 10.1 Å². The Balaban J connectivity index is 2.53. The van der Waals surface area contributed by atoms with Crippen LogP contribution in [-0.2, 0) is 0 Å². The van der Waals surface area contributed by atoms with E-state index in [9.17, 15) is 4.79 Å². The third-order valence-electron chi connectivity index (χ3n) is 2.16. The zero-order valence-corrected chi connectivity index (χ0v) is 11.9. The number of primary amides is 1.